The zero-order chi connectivity index (χ0) is 17.4. The summed E-state index contributed by atoms with van der Waals surface area (Å²) in [5.74, 6) is -0.800. The van der Waals surface area contributed by atoms with Crippen LogP contribution in [0.2, 0.25) is 0 Å². The first-order chi connectivity index (χ1) is 10.8. The summed E-state index contributed by atoms with van der Waals surface area (Å²) in [6.07, 6.45) is 0.686. The minimum Gasteiger partial charge on any atom is -0.480 e. The summed E-state index contributed by atoms with van der Waals surface area (Å²) in [4.78, 5) is 23.1. The maximum atomic E-state index is 11.9. The van der Waals surface area contributed by atoms with E-state index < -0.39 is 12.0 Å². The van der Waals surface area contributed by atoms with Crippen molar-refractivity contribution in [1.29, 1.82) is 0 Å². The summed E-state index contributed by atoms with van der Waals surface area (Å²) >= 11 is 2.64. The van der Waals surface area contributed by atoms with Gasteiger partial charge in [0.05, 0.1) is 5.75 Å². The summed E-state index contributed by atoms with van der Waals surface area (Å²) < 4.78 is 0.682. The van der Waals surface area contributed by atoms with E-state index in [2.05, 4.69) is 34.7 Å². The van der Waals surface area contributed by atoms with E-state index in [4.69, 9.17) is 5.11 Å². The minimum atomic E-state index is -1.01. The Morgan fingerprint density at radius 2 is 2.00 bits per heavy atom. The van der Waals surface area contributed by atoms with Gasteiger partial charge in [0, 0.05) is 6.54 Å². The molecular formula is C14H24N4O3S2. The van der Waals surface area contributed by atoms with E-state index in [-0.39, 0.29) is 17.6 Å². The van der Waals surface area contributed by atoms with E-state index in [1.165, 1.54) is 23.1 Å². The number of amides is 1. The van der Waals surface area contributed by atoms with Gasteiger partial charge >= 0.3 is 5.97 Å². The third kappa shape index (κ3) is 7.17. The molecule has 3 N–H and O–H groups in total. The summed E-state index contributed by atoms with van der Waals surface area (Å²) in [6.45, 7) is 8.72. The van der Waals surface area contributed by atoms with Gasteiger partial charge in [-0.1, -0.05) is 57.2 Å². The van der Waals surface area contributed by atoms with Gasteiger partial charge in [-0.15, -0.1) is 10.2 Å². The van der Waals surface area contributed by atoms with Crippen LogP contribution in [0.5, 0.6) is 0 Å². The predicted molar refractivity (Wildman–Crippen MR) is 93.0 cm³/mol. The van der Waals surface area contributed by atoms with Gasteiger partial charge in [0.25, 0.3) is 0 Å². The second-order valence-corrected chi connectivity index (χ2v) is 7.91. The van der Waals surface area contributed by atoms with Crippen molar-refractivity contribution in [2.75, 3.05) is 17.6 Å². The SMILES string of the molecule is CCC(C)C(NC(=O)CSc1nnc(NCC(C)C)s1)C(=O)O. The summed E-state index contributed by atoms with van der Waals surface area (Å²) in [5, 5.41) is 23.6. The van der Waals surface area contributed by atoms with Gasteiger partial charge in [-0.05, 0) is 11.8 Å². The van der Waals surface area contributed by atoms with Gasteiger partial charge in [0.15, 0.2) is 4.34 Å². The highest BCUT2D eigenvalue weighted by Gasteiger charge is 2.25. The molecule has 2 atom stereocenters. The Hall–Kier alpha value is -1.35. The van der Waals surface area contributed by atoms with Crippen molar-refractivity contribution in [3.63, 3.8) is 0 Å². The van der Waals surface area contributed by atoms with Crippen LogP contribution in [0.4, 0.5) is 5.13 Å². The molecule has 0 aliphatic carbocycles. The molecule has 0 saturated heterocycles. The molecule has 0 aliphatic rings. The Morgan fingerprint density at radius 1 is 1.30 bits per heavy atom. The van der Waals surface area contributed by atoms with Gasteiger partial charge in [-0.25, -0.2) is 4.79 Å². The molecule has 2 unspecified atom stereocenters. The average molecular weight is 361 g/mol. The number of nitrogens with zero attached hydrogens (tertiary/aromatic N) is 2. The smallest absolute Gasteiger partial charge is 0.326 e. The molecule has 23 heavy (non-hydrogen) atoms. The predicted octanol–water partition coefficient (Wildman–Crippen LogP) is 2.31. The van der Waals surface area contributed by atoms with Crippen LogP contribution in [0, 0.1) is 11.8 Å². The first-order valence-corrected chi connectivity index (χ1v) is 9.36. The molecule has 0 fully saturated rings. The normalized spacial score (nSPS) is 13.6. The number of nitrogens with one attached hydrogen (secondary N) is 2. The van der Waals surface area contributed by atoms with Crippen molar-refractivity contribution in [1.82, 2.24) is 15.5 Å². The number of thioether (sulfide) groups is 1. The molecule has 1 aromatic rings. The van der Waals surface area contributed by atoms with Crippen molar-refractivity contribution >= 4 is 40.1 Å². The molecule has 0 saturated carbocycles. The van der Waals surface area contributed by atoms with Gasteiger partial charge in [-0.2, -0.15) is 0 Å². The molecule has 1 rings (SSSR count). The molecule has 1 heterocycles. The quantitative estimate of drug-likeness (QED) is 0.550. The topological polar surface area (TPSA) is 104 Å². The second-order valence-electron chi connectivity index (χ2n) is 5.71. The molecule has 7 nitrogen and oxygen atoms in total. The Labute approximate surface area is 144 Å². The largest absolute Gasteiger partial charge is 0.480 e. The van der Waals surface area contributed by atoms with Gasteiger partial charge in [-0.3, -0.25) is 4.79 Å². The molecule has 0 radical (unpaired) electrons. The van der Waals surface area contributed by atoms with E-state index in [9.17, 15) is 9.59 Å². The highest BCUT2D eigenvalue weighted by atomic mass is 32.2. The molecule has 0 aliphatic heterocycles. The zero-order valence-electron chi connectivity index (χ0n) is 13.8. The number of aromatic nitrogens is 2. The monoisotopic (exact) mass is 360 g/mol. The third-order valence-corrected chi connectivity index (χ3v) is 5.20. The number of rotatable bonds is 10. The summed E-state index contributed by atoms with van der Waals surface area (Å²) in [5.41, 5.74) is 0. The highest BCUT2D eigenvalue weighted by molar-refractivity contribution is 8.01. The van der Waals surface area contributed by atoms with Crippen molar-refractivity contribution in [3.8, 4) is 0 Å². The number of carbonyl (C=O) groups excluding carboxylic acids is 1. The number of carboxylic acid groups (broad SMARTS) is 1. The first kappa shape index (κ1) is 19.7. The van der Waals surface area contributed by atoms with Crippen LogP contribution < -0.4 is 10.6 Å². The fourth-order valence-electron chi connectivity index (χ4n) is 1.66. The molecule has 0 spiro atoms. The second kappa shape index (κ2) is 9.71. The Kier molecular flexibility index (Phi) is 8.32. The van der Waals surface area contributed by atoms with E-state index in [0.717, 1.165) is 11.7 Å². The molecule has 0 bridgehead atoms. The van der Waals surface area contributed by atoms with Crippen molar-refractivity contribution in [2.45, 2.75) is 44.5 Å². The van der Waals surface area contributed by atoms with Crippen LogP contribution in [0.25, 0.3) is 0 Å². The lowest BCUT2D eigenvalue weighted by molar-refractivity contribution is -0.143. The number of hydrogen-bond acceptors (Lipinski definition) is 7. The van der Waals surface area contributed by atoms with Gasteiger partial charge in [0.2, 0.25) is 11.0 Å². The Morgan fingerprint density at radius 3 is 2.57 bits per heavy atom. The third-order valence-electron chi connectivity index (χ3n) is 3.19. The van der Waals surface area contributed by atoms with Crippen molar-refractivity contribution in [2.24, 2.45) is 11.8 Å². The van der Waals surface area contributed by atoms with Crippen LogP contribution in [-0.2, 0) is 9.59 Å². The molecular weight excluding hydrogens is 336 g/mol. The van der Waals surface area contributed by atoms with Crippen molar-refractivity contribution < 1.29 is 14.7 Å². The minimum absolute atomic E-state index is 0.116. The molecule has 1 amide bonds. The molecule has 1 aromatic heterocycles. The Balaban J connectivity index is 2.45. The van der Waals surface area contributed by atoms with Gasteiger partial charge < -0.3 is 15.7 Å². The zero-order valence-corrected chi connectivity index (χ0v) is 15.5. The fourth-order valence-corrected chi connectivity index (χ4v) is 3.23. The first-order valence-electron chi connectivity index (χ1n) is 7.55. The van der Waals surface area contributed by atoms with Crippen molar-refractivity contribution in [3.05, 3.63) is 0 Å². The Bertz CT molecular complexity index is 522. The lowest BCUT2D eigenvalue weighted by Gasteiger charge is -2.19. The van der Waals surface area contributed by atoms with E-state index in [0.29, 0.717) is 16.7 Å². The number of carboxylic acids is 1. The molecule has 0 aromatic carbocycles. The average Bonchev–Trinajstić information content (AvgIpc) is 2.95. The van der Waals surface area contributed by atoms with Crippen LogP contribution in [0.1, 0.15) is 34.1 Å². The maximum absolute atomic E-state index is 11.9. The molecule has 9 heteroatoms. The van der Waals surface area contributed by atoms with E-state index >= 15 is 0 Å². The fraction of sp³-hybridized carbons (Fsp3) is 0.714. The van der Waals surface area contributed by atoms with E-state index in [1.807, 2.05) is 13.8 Å². The van der Waals surface area contributed by atoms with E-state index in [1.54, 1.807) is 0 Å². The summed E-state index contributed by atoms with van der Waals surface area (Å²) in [6, 6.07) is -0.856. The highest BCUT2D eigenvalue weighted by Crippen LogP contribution is 2.25. The summed E-state index contributed by atoms with van der Waals surface area (Å²) in [7, 11) is 0. The van der Waals surface area contributed by atoms with Crippen LogP contribution in [0.15, 0.2) is 4.34 Å². The number of anilines is 1. The molecule has 130 valence electrons. The lowest BCUT2D eigenvalue weighted by Crippen LogP contribution is -2.45. The van der Waals surface area contributed by atoms with Crippen LogP contribution in [-0.4, -0.2) is 45.5 Å². The number of hydrogen-bond donors (Lipinski definition) is 3. The van der Waals surface area contributed by atoms with Crippen LogP contribution >= 0.6 is 23.1 Å². The number of aliphatic carboxylic acids is 1. The van der Waals surface area contributed by atoms with Crippen LogP contribution in [0.3, 0.4) is 0 Å². The maximum Gasteiger partial charge on any atom is 0.326 e. The number of carbonyl (C=O) groups is 2. The lowest BCUT2D eigenvalue weighted by atomic mass is 9.99. The van der Waals surface area contributed by atoms with Gasteiger partial charge in [0.1, 0.15) is 6.04 Å². The standard InChI is InChI=1S/C14H24N4O3S2/c1-5-9(4)11(12(20)21)16-10(19)7-22-14-18-17-13(23-14)15-6-8(2)3/h8-9,11H,5-7H2,1-4H3,(H,15,17)(H,16,19)(H,20,21).